The molecule has 1 amide bonds. The van der Waals surface area contributed by atoms with Crippen molar-refractivity contribution in [2.24, 2.45) is 4.99 Å². The lowest BCUT2D eigenvalue weighted by atomic mass is 10.1. The van der Waals surface area contributed by atoms with E-state index in [-0.39, 0.29) is 17.2 Å². The molecule has 9 nitrogen and oxygen atoms in total. The zero-order valence-corrected chi connectivity index (χ0v) is 19.2. The third-order valence-corrected chi connectivity index (χ3v) is 6.21. The van der Waals surface area contributed by atoms with Gasteiger partial charge in [0.25, 0.3) is 11.6 Å². The minimum Gasteiger partial charge on any atom is -0.478 e. The molecule has 34 heavy (non-hydrogen) atoms. The number of carbonyl (C=O) groups excluding carboxylic acids is 1. The molecular weight excluding hydrogens is 482 g/mol. The lowest BCUT2D eigenvalue weighted by Crippen LogP contribution is -2.28. The molecule has 0 unspecified atom stereocenters. The predicted molar refractivity (Wildman–Crippen MR) is 129 cm³/mol. The second kappa shape index (κ2) is 9.54. The molecule has 4 rings (SSSR count). The summed E-state index contributed by atoms with van der Waals surface area (Å²) in [4.78, 5) is 40.8. The number of rotatable bonds is 6. The van der Waals surface area contributed by atoms with E-state index in [0.29, 0.717) is 44.4 Å². The minimum absolute atomic E-state index is 0.118. The smallest absolute Gasteiger partial charge is 0.335 e. The van der Waals surface area contributed by atoms with E-state index in [1.54, 1.807) is 30.3 Å². The van der Waals surface area contributed by atoms with E-state index in [0.717, 1.165) is 11.8 Å². The predicted octanol–water partition coefficient (Wildman–Crippen LogP) is 5.83. The Labute approximate surface area is 202 Å². The summed E-state index contributed by atoms with van der Waals surface area (Å²) in [6, 6.07) is 13.3. The standard InChI is InChI=1S/C23H16ClN3O6S/c1-2-26-21(28)20(34-23(26)25-14-5-3-13(4-6-14)22(29)30)12-16-8-10-19(33-16)17-11-15(27(31)32)7-9-18(17)24/h3-12H,2H2,1H3,(H,29,30)/b20-12+,25-23?. The van der Waals surface area contributed by atoms with Gasteiger partial charge in [0.1, 0.15) is 11.5 Å². The summed E-state index contributed by atoms with van der Waals surface area (Å²) in [5, 5.41) is 20.9. The summed E-state index contributed by atoms with van der Waals surface area (Å²) >= 11 is 7.35. The Hall–Kier alpha value is -3.89. The van der Waals surface area contributed by atoms with Gasteiger partial charge in [0.05, 0.1) is 26.1 Å². The van der Waals surface area contributed by atoms with Crippen LogP contribution in [0.5, 0.6) is 0 Å². The number of hydrogen-bond donors (Lipinski definition) is 1. The summed E-state index contributed by atoms with van der Waals surface area (Å²) < 4.78 is 5.79. The summed E-state index contributed by atoms with van der Waals surface area (Å²) in [6.45, 7) is 2.21. The molecule has 0 saturated carbocycles. The van der Waals surface area contributed by atoms with Gasteiger partial charge in [0.2, 0.25) is 0 Å². The number of amides is 1. The molecule has 1 N–H and O–H groups in total. The average molecular weight is 498 g/mol. The number of amidine groups is 1. The number of likely N-dealkylation sites (N-methyl/N-ethyl adjacent to an activating group) is 1. The van der Waals surface area contributed by atoms with Crippen LogP contribution in [0.4, 0.5) is 11.4 Å². The molecule has 172 valence electrons. The molecule has 1 aliphatic heterocycles. The van der Waals surface area contributed by atoms with Crippen molar-refractivity contribution in [1.82, 2.24) is 4.90 Å². The molecule has 0 bridgehead atoms. The molecule has 1 aliphatic rings. The van der Waals surface area contributed by atoms with Crippen LogP contribution < -0.4 is 0 Å². The second-order valence-corrected chi connectivity index (χ2v) is 8.45. The van der Waals surface area contributed by atoms with Crippen LogP contribution in [0.1, 0.15) is 23.0 Å². The molecule has 1 aromatic heterocycles. The number of aromatic carboxylic acids is 1. The number of furan rings is 1. The number of hydrogen-bond acceptors (Lipinski definition) is 7. The van der Waals surface area contributed by atoms with E-state index in [2.05, 4.69) is 4.99 Å². The Morgan fingerprint density at radius 1 is 1.24 bits per heavy atom. The van der Waals surface area contributed by atoms with Gasteiger partial charge in [-0.05, 0) is 61.2 Å². The maximum Gasteiger partial charge on any atom is 0.335 e. The highest BCUT2D eigenvalue weighted by molar-refractivity contribution is 8.18. The van der Waals surface area contributed by atoms with Crippen LogP contribution in [0.3, 0.4) is 0 Å². The van der Waals surface area contributed by atoms with E-state index >= 15 is 0 Å². The van der Waals surface area contributed by atoms with E-state index in [1.165, 1.54) is 35.2 Å². The Morgan fingerprint density at radius 2 is 1.97 bits per heavy atom. The van der Waals surface area contributed by atoms with Gasteiger partial charge in [0, 0.05) is 30.3 Å². The summed E-state index contributed by atoms with van der Waals surface area (Å²) in [7, 11) is 0. The molecular formula is C23H16ClN3O6S. The Balaban J connectivity index is 1.61. The fourth-order valence-electron chi connectivity index (χ4n) is 3.18. The maximum atomic E-state index is 12.9. The van der Waals surface area contributed by atoms with Crippen LogP contribution in [-0.4, -0.2) is 38.5 Å². The van der Waals surface area contributed by atoms with Gasteiger partial charge in [-0.2, -0.15) is 0 Å². The van der Waals surface area contributed by atoms with Crippen LogP contribution in [0, 0.1) is 10.1 Å². The second-order valence-electron chi connectivity index (χ2n) is 7.03. The molecule has 0 aliphatic carbocycles. The van der Waals surface area contributed by atoms with Crippen molar-refractivity contribution in [3.8, 4) is 11.3 Å². The summed E-state index contributed by atoms with van der Waals surface area (Å²) in [5.74, 6) is -0.582. The number of nitro groups is 1. The number of benzene rings is 2. The van der Waals surface area contributed by atoms with Gasteiger partial charge in [0.15, 0.2) is 5.17 Å². The van der Waals surface area contributed by atoms with Crippen molar-refractivity contribution >= 4 is 57.9 Å². The molecule has 3 aromatic rings. The number of nitrogens with zero attached hydrogens (tertiary/aromatic N) is 3. The van der Waals surface area contributed by atoms with Gasteiger partial charge in [-0.3, -0.25) is 19.8 Å². The first-order valence-corrected chi connectivity index (χ1v) is 11.1. The van der Waals surface area contributed by atoms with E-state index < -0.39 is 10.9 Å². The Kier molecular flexibility index (Phi) is 6.53. The van der Waals surface area contributed by atoms with Crippen LogP contribution in [0.2, 0.25) is 5.02 Å². The number of nitro benzene ring substituents is 1. The number of halogens is 1. The zero-order chi connectivity index (χ0) is 24.4. The Bertz CT molecular complexity index is 1360. The quantitative estimate of drug-likeness (QED) is 0.258. The van der Waals surface area contributed by atoms with Gasteiger partial charge >= 0.3 is 5.97 Å². The van der Waals surface area contributed by atoms with Crippen molar-refractivity contribution in [3.63, 3.8) is 0 Å². The average Bonchev–Trinajstić information content (AvgIpc) is 3.38. The first-order chi connectivity index (χ1) is 16.3. The molecule has 0 spiro atoms. The van der Waals surface area contributed by atoms with Crippen LogP contribution in [0.15, 0.2) is 68.9 Å². The third-order valence-electron chi connectivity index (χ3n) is 4.87. The highest BCUT2D eigenvalue weighted by atomic mass is 35.5. The summed E-state index contributed by atoms with van der Waals surface area (Å²) in [5.41, 5.74) is 0.909. The zero-order valence-electron chi connectivity index (χ0n) is 17.6. The molecule has 0 radical (unpaired) electrons. The fraction of sp³-hybridized carbons (Fsp3) is 0.0870. The Morgan fingerprint density at radius 3 is 2.62 bits per heavy atom. The molecule has 0 atom stereocenters. The fourth-order valence-corrected chi connectivity index (χ4v) is 4.43. The topological polar surface area (TPSA) is 126 Å². The lowest BCUT2D eigenvalue weighted by molar-refractivity contribution is -0.384. The van der Waals surface area contributed by atoms with Crippen molar-refractivity contribution in [3.05, 3.63) is 86.0 Å². The number of non-ortho nitro benzene ring substituents is 1. The van der Waals surface area contributed by atoms with Crippen LogP contribution in [-0.2, 0) is 4.79 Å². The van der Waals surface area contributed by atoms with E-state index in [9.17, 15) is 19.7 Å². The number of carboxylic acid groups (broad SMARTS) is 1. The van der Waals surface area contributed by atoms with Gasteiger partial charge in [-0.1, -0.05) is 11.6 Å². The van der Waals surface area contributed by atoms with Crippen LogP contribution in [0.25, 0.3) is 17.4 Å². The SMILES string of the molecule is CCN1C(=O)/C(=C\c2ccc(-c3cc([N+](=O)[O-])ccc3Cl)o2)SC1=Nc1ccc(C(=O)O)cc1. The first kappa shape index (κ1) is 23.3. The van der Waals surface area contributed by atoms with Crippen LogP contribution >= 0.6 is 23.4 Å². The lowest BCUT2D eigenvalue weighted by Gasteiger charge is -2.11. The first-order valence-electron chi connectivity index (χ1n) is 9.94. The number of carbonyl (C=O) groups is 2. The van der Waals surface area contributed by atoms with Crippen molar-refractivity contribution < 1.29 is 24.0 Å². The monoisotopic (exact) mass is 497 g/mol. The van der Waals surface area contributed by atoms with Gasteiger partial charge in [-0.25, -0.2) is 9.79 Å². The highest BCUT2D eigenvalue weighted by Crippen LogP contribution is 2.36. The third kappa shape index (κ3) is 4.73. The van der Waals surface area contributed by atoms with E-state index in [4.69, 9.17) is 21.1 Å². The summed E-state index contributed by atoms with van der Waals surface area (Å²) in [6.07, 6.45) is 1.57. The maximum absolute atomic E-state index is 12.9. The molecule has 1 fully saturated rings. The number of aliphatic imine (C=N–C) groups is 1. The van der Waals surface area contributed by atoms with E-state index in [1.807, 2.05) is 6.92 Å². The van der Waals surface area contributed by atoms with Crippen molar-refractivity contribution in [1.29, 1.82) is 0 Å². The molecule has 2 heterocycles. The minimum atomic E-state index is -1.03. The molecule has 2 aromatic carbocycles. The van der Waals surface area contributed by atoms with Crippen molar-refractivity contribution in [2.45, 2.75) is 6.92 Å². The molecule has 1 saturated heterocycles. The highest BCUT2D eigenvalue weighted by Gasteiger charge is 2.32. The molecule has 11 heteroatoms. The normalized spacial score (nSPS) is 15.9. The number of carboxylic acids is 1. The van der Waals surface area contributed by atoms with Gasteiger partial charge in [-0.15, -0.1) is 0 Å². The van der Waals surface area contributed by atoms with Gasteiger partial charge < -0.3 is 9.52 Å². The van der Waals surface area contributed by atoms with Crippen molar-refractivity contribution in [2.75, 3.05) is 6.54 Å². The largest absolute Gasteiger partial charge is 0.478 e. The number of thioether (sulfide) groups is 1.